The highest BCUT2D eigenvalue weighted by Crippen LogP contribution is 2.22. The first kappa shape index (κ1) is 18.9. The highest BCUT2D eigenvalue weighted by molar-refractivity contribution is 5.77. The summed E-state index contributed by atoms with van der Waals surface area (Å²) in [6.07, 6.45) is -0.384. The van der Waals surface area contributed by atoms with E-state index >= 15 is 0 Å². The quantitative estimate of drug-likeness (QED) is 0.851. The van der Waals surface area contributed by atoms with Crippen molar-refractivity contribution in [3.05, 3.63) is 71.8 Å². The van der Waals surface area contributed by atoms with Crippen molar-refractivity contribution >= 4 is 12.0 Å². The lowest BCUT2D eigenvalue weighted by atomic mass is 10.1. The van der Waals surface area contributed by atoms with Crippen LogP contribution in [0.25, 0.3) is 0 Å². The monoisotopic (exact) mass is 368 g/mol. The van der Waals surface area contributed by atoms with Gasteiger partial charge in [0, 0.05) is 19.5 Å². The Bertz CT molecular complexity index is 736. The van der Waals surface area contributed by atoms with Crippen LogP contribution in [0.3, 0.4) is 0 Å². The number of alkyl carbamates (subject to hydrolysis) is 1. The van der Waals surface area contributed by atoms with Gasteiger partial charge in [0.2, 0.25) is 5.91 Å². The smallest absolute Gasteiger partial charge is 0.407 e. The summed E-state index contributed by atoms with van der Waals surface area (Å²) < 4.78 is 10.9. The Labute approximate surface area is 159 Å². The number of hydrogen-bond acceptors (Lipinski definition) is 4. The van der Waals surface area contributed by atoms with Crippen LogP contribution >= 0.6 is 0 Å². The maximum absolute atomic E-state index is 12.4. The summed E-state index contributed by atoms with van der Waals surface area (Å²) in [5.41, 5.74) is 1.99. The molecule has 0 radical (unpaired) electrons. The molecule has 3 rings (SSSR count). The molecule has 6 nitrogen and oxygen atoms in total. The fourth-order valence-electron chi connectivity index (χ4n) is 2.95. The van der Waals surface area contributed by atoms with Crippen LogP contribution in [0.1, 0.15) is 23.7 Å². The first-order chi connectivity index (χ1) is 13.2. The van der Waals surface area contributed by atoms with Crippen molar-refractivity contribution < 1.29 is 19.1 Å². The number of amides is 2. The Balaban J connectivity index is 1.38. The molecule has 1 aliphatic rings. The molecule has 1 heterocycles. The minimum absolute atomic E-state index is 0.00240. The normalized spacial score (nSPS) is 16.6. The molecule has 2 aromatic carbocycles. The topological polar surface area (TPSA) is 67.9 Å². The number of ether oxygens (including phenoxy) is 2. The van der Waals surface area contributed by atoms with Crippen molar-refractivity contribution in [3.63, 3.8) is 0 Å². The maximum atomic E-state index is 12.4. The molecule has 27 heavy (non-hydrogen) atoms. The summed E-state index contributed by atoms with van der Waals surface area (Å²) in [7, 11) is 0. The standard InChI is InChI=1S/C21H24N2O4/c24-20(11-12-22-21(25)27-16-17-7-3-1-4-8-17)23-13-14-26-19(15-23)18-9-5-2-6-10-18/h1-10,19H,11-16H2,(H,22,25). The molecule has 0 saturated carbocycles. The Morgan fingerprint density at radius 3 is 2.52 bits per heavy atom. The molecule has 6 heteroatoms. The van der Waals surface area contributed by atoms with Crippen LogP contribution in [0.15, 0.2) is 60.7 Å². The number of morpholine rings is 1. The molecule has 1 unspecified atom stereocenters. The second-order valence-corrected chi connectivity index (χ2v) is 6.35. The van der Waals surface area contributed by atoms with E-state index in [1.165, 1.54) is 0 Å². The van der Waals surface area contributed by atoms with Crippen molar-refractivity contribution in [2.45, 2.75) is 19.1 Å². The zero-order chi connectivity index (χ0) is 18.9. The minimum atomic E-state index is -0.518. The second kappa shape index (κ2) is 9.73. The summed E-state index contributed by atoms with van der Waals surface area (Å²) in [6.45, 7) is 2.07. The molecule has 2 aromatic rings. The number of rotatable bonds is 6. The molecule has 1 fully saturated rings. The highest BCUT2D eigenvalue weighted by Gasteiger charge is 2.25. The van der Waals surface area contributed by atoms with Crippen molar-refractivity contribution in [3.8, 4) is 0 Å². The number of nitrogens with one attached hydrogen (secondary N) is 1. The summed E-state index contributed by atoms with van der Waals surface area (Å²) in [5, 5.41) is 2.63. The lowest BCUT2D eigenvalue weighted by molar-refractivity contribution is -0.138. The third-order valence-electron chi connectivity index (χ3n) is 4.41. The van der Waals surface area contributed by atoms with Crippen molar-refractivity contribution in [2.75, 3.05) is 26.2 Å². The van der Waals surface area contributed by atoms with Gasteiger partial charge in [-0.15, -0.1) is 0 Å². The largest absolute Gasteiger partial charge is 0.445 e. The Morgan fingerprint density at radius 2 is 1.78 bits per heavy atom. The molecular weight excluding hydrogens is 344 g/mol. The number of benzene rings is 2. The predicted octanol–water partition coefficient (Wildman–Crippen LogP) is 2.90. The summed E-state index contributed by atoms with van der Waals surface area (Å²) in [5.74, 6) is 0.00240. The molecule has 1 N–H and O–H groups in total. The summed E-state index contributed by atoms with van der Waals surface area (Å²) >= 11 is 0. The van der Waals surface area contributed by atoms with E-state index in [2.05, 4.69) is 5.32 Å². The first-order valence-corrected chi connectivity index (χ1v) is 9.11. The maximum Gasteiger partial charge on any atom is 0.407 e. The van der Waals surface area contributed by atoms with Gasteiger partial charge in [-0.25, -0.2) is 4.79 Å². The van der Waals surface area contributed by atoms with Crippen molar-refractivity contribution in [2.24, 2.45) is 0 Å². The van der Waals surface area contributed by atoms with Crippen LogP contribution in [-0.4, -0.2) is 43.1 Å². The van der Waals surface area contributed by atoms with Gasteiger partial charge in [-0.05, 0) is 11.1 Å². The zero-order valence-corrected chi connectivity index (χ0v) is 15.2. The van der Waals surface area contributed by atoms with Crippen LogP contribution in [0.5, 0.6) is 0 Å². The van der Waals surface area contributed by atoms with Crippen LogP contribution < -0.4 is 5.32 Å². The van der Waals surface area contributed by atoms with Gasteiger partial charge in [-0.3, -0.25) is 4.79 Å². The fourth-order valence-corrected chi connectivity index (χ4v) is 2.95. The van der Waals surface area contributed by atoms with E-state index in [0.717, 1.165) is 11.1 Å². The number of carbonyl (C=O) groups excluding carboxylic acids is 2. The molecule has 2 amide bonds. The fraction of sp³-hybridized carbons (Fsp3) is 0.333. The molecule has 0 bridgehead atoms. The minimum Gasteiger partial charge on any atom is -0.445 e. The van der Waals surface area contributed by atoms with E-state index in [4.69, 9.17) is 9.47 Å². The zero-order valence-electron chi connectivity index (χ0n) is 15.2. The van der Waals surface area contributed by atoms with Crippen LogP contribution in [-0.2, 0) is 20.9 Å². The molecule has 0 aromatic heterocycles. The van der Waals surface area contributed by atoms with Gasteiger partial charge in [0.15, 0.2) is 0 Å². The van der Waals surface area contributed by atoms with E-state index in [0.29, 0.717) is 19.7 Å². The molecular formula is C21H24N2O4. The van der Waals surface area contributed by atoms with E-state index in [1.54, 1.807) is 4.90 Å². The van der Waals surface area contributed by atoms with Crippen LogP contribution in [0.4, 0.5) is 4.79 Å². The SMILES string of the molecule is O=C(NCCC(=O)N1CCOC(c2ccccc2)C1)OCc1ccccc1. The third-order valence-corrected chi connectivity index (χ3v) is 4.41. The van der Waals surface area contributed by atoms with E-state index in [9.17, 15) is 9.59 Å². The number of nitrogens with zero attached hydrogens (tertiary/aromatic N) is 1. The van der Waals surface area contributed by atoms with Crippen molar-refractivity contribution in [1.82, 2.24) is 10.2 Å². The molecule has 0 aliphatic carbocycles. The Hall–Kier alpha value is -2.86. The molecule has 0 spiro atoms. The lowest BCUT2D eigenvalue weighted by Gasteiger charge is -2.33. The summed E-state index contributed by atoms with van der Waals surface area (Å²) in [6, 6.07) is 19.3. The number of carbonyl (C=O) groups is 2. The van der Waals surface area contributed by atoms with Gasteiger partial charge in [-0.2, -0.15) is 0 Å². The lowest BCUT2D eigenvalue weighted by Crippen LogP contribution is -2.43. The van der Waals surface area contributed by atoms with Crippen LogP contribution in [0.2, 0.25) is 0 Å². The van der Waals surface area contributed by atoms with Gasteiger partial charge in [0.25, 0.3) is 0 Å². The summed E-state index contributed by atoms with van der Waals surface area (Å²) in [4.78, 5) is 25.9. The average Bonchev–Trinajstić information content (AvgIpc) is 2.73. The Kier molecular flexibility index (Phi) is 6.82. The van der Waals surface area contributed by atoms with Gasteiger partial charge >= 0.3 is 6.09 Å². The van der Waals surface area contributed by atoms with E-state index < -0.39 is 6.09 Å². The predicted molar refractivity (Wildman–Crippen MR) is 101 cm³/mol. The first-order valence-electron chi connectivity index (χ1n) is 9.11. The average molecular weight is 368 g/mol. The van der Waals surface area contributed by atoms with Gasteiger partial charge < -0.3 is 19.7 Å². The molecule has 142 valence electrons. The Morgan fingerprint density at radius 1 is 1.07 bits per heavy atom. The van der Waals surface area contributed by atoms with Crippen LogP contribution in [0, 0.1) is 0 Å². The van der Waals surface area contributed by atoms with Gasteiger partial charge in [0.1, 0.15) is 12.7 Å². The van der Waals surface area contributed by atoms with Gasteiger partial charge in [-0.1, -0.05) is 60.7 Å². The molecule has 1 aliphatic heterocycles. The van der Waals surface area contributed by atoms with Crippen molar-refractivity contribution in [1.29, 1.82) is 0 Å². The van der Waals surface area contributed by atoms with E-state index in [1.807, 2.05) is 60.7 Å². The third kappa shape index (κ3) is 5.82. The molecule has 1 atom stereocenters. The van der Waals surface area contributed by atoms with Gasteiger partial charge in [0.05, 0.1) is 13.2 Å². The second-order valence-electron chi connectivity index (χ2n) is 6.35. The molecule has 1 saturated heterocycles. The number of hydrogen-bond donors (Lipinski definition) is 1. The highest BCUT2D eigenvalue weighted by atomic mass is 16.5. The van der Waals surface area contributed by atoms with E-state index in [-0.39, 0.29) is 31.6 Å².